The third kappa shape index (κ3) is 11.2. The third-order valence-corrected chi connectivity index (χ3v) is 3.64. The summed E-state index contributed by atoms with van der Waals surface area (Å²) in [4.78, 5) is 10.1. The van der Waals surface area contributed by atoms with Crippen molar-refractivity contribution < 1.29 is 18.7 Å². The van der Waals surface area contributed by atoms with Crippen molar-refractivity contribution in [1.82, 2.24) is 0 Å². The van der Waals surface area contributed by atoms with Gasteiger partial charge >= 0.3 is 0 Å². The number of carbonyl (C=O) groups excluding carboxylic acids is 1. The second-order valence-electron chi connectivity index (χ2n) is 5.63. The molecule has 0 bridgehead atoms. The quantitative estimate of drug-likeness (QED) is 0.443. The summed E-state index contributed by atoms with van der Waals surface area (Å²) in [5.41, 5.74) is 0. The molecule has 0 amide bonds. The maximum absolute atomic E-state index is 12.7. The number of carbonyl (C=O) groups is 1. The van der Waals surface area contributed by atoms with Gasteiger partial charge in [0.05, 0.1) is 0 Å². The van der Waals surface area contributed by atoms with E-state index in [2.05, 4.69) is 6.92 Å². The van der Waals surface area contributed by atoms with Crippen LogP contribution in [0.4, 0.5) is 8.78 Å². The average molecular weight is 291 g/mol. The number of carboxylic acids is 1. The van der Waals surface area contributed by atoms with Crippen LogP contribution < -0.4 is 5.11 Å². The minimum atomic E-state index is -3.65. The fraction of sp³-hybridized carbons (Fsp3) is 0.938. The molecule has 4 heteroatoms. The molecule has 120 valence electrons. The number of alkyl halides is 2. The maximum Gasteiger partial charge on any atom is 0.287 e. The molecule has 20 heavy (non-hydrogen) atoms. The second-order valence-corrected chi connectivity index (χ2v) is 5.63. The normalized spacial score (nSPS) is 11.8. The van der Waals surface area contributed by atoms with Gasteiger partial charge in [-0.05, 0) is 6.42 Å². The molecule has 0 aromatic carbocycles. The predicted octanol–water partition coefficient (Wildman–Crippen LogP) is 4.46. The average Bonchev–Trinajstić information content (AvgIpc) is 2.39. The highest BCUT2D eigenvalue weighted by molar-refractivity contribution is 5.72. The molecule has 0 spiro atoms. The Morgan fingerprint density at radius 1 is 0.800 bits per heavy atom. The van der Waals surface area contributed by atoms with Gasteiger partial charge in [-0.25, -0.2) is 8.78 Å². The molecule has 0 saturated carbocycles. The van der Waals surface area contributed by atoms with E-state index in [0.29, 0.717) is 6.42 Å². The molecule has 0 fully saturated rings. The first-order valence-corrected chi connectivity index (χ1v) is 8.10. The van der Waals surface area contributed by atoms with Gasteiger partial charge in [0.2, 0.25) is 0 Å². The molecule has 2 nitrogen and oxygen atoms in total. The molecule has 0 rings (SSSR count). The molecule has 0 aliphatic heterocycles. The van der Waals surface area contributed by atoms with Gasteiger partial charge < -0.3 is 9.90 Å². The van der Waals surface area contributed by atoms with Crippen molar-refractivity contribution in [2.45, 2.75) is 96.3 Å². The van der Waals surface area contributed by atoms with E-state index in [1.165, 1.54) is 44.9 Å². The largest absolute Gasteiger partial charge is 0.544 e. The van der Waals surface area contributed by atoms with E-state index in [-0.39, 0.29) is 6.42 Å². The minimum absolute atomic E-state index is 0.262. The van der Waals surface area contributed by atoms with Crippen molar-refractivity contribution in [3.8, 4) is 0 Å². The summed E-state index contributed by atoms with van der Waals surface area (Å²) in [7, 11) is 0. The van der Waals surface area contributed by atoms with Gasteiger partial charge in [0.25, 0.3) is 5.92 Å². The van der Waals surface area contributed by atoms with Crippen LogP contribution in [0.2, 0.25) is 0 Å². The summed E-state index contributed by atoms with van der Waals surface area (Å²) in [6.45, 7) is 2.21. The first-order chi connectivity index (χ1) is 9.50. The van der Waals surface area contributed by atoms with Crippen molar-refractivity contribution in [1.29, 1.82) is 0 Å². The zero-order valence-electron chi connectivity index (χ0n) is 12.8. The van der Waals surface area contributed by atoms with E-state index in [4.69, 9.17) is 0 Å². The molecule has 0 saturated heterocycles. The smallest absolute Gasteiger partial charge is 0.287 e. The van der Waals surface area contributed by atoms with E-state index in [9.17, 15) is 18.7 Å². The van der Waals surface area contributed by atoms with Gasteiger partial charge in [-0.3, -0.25) is 0 Å². The van der Waals surface area contributed by atoms with Crippen molar-refractivity contribution in [2.24, 2.45) is 0 Å². The van der Waals surface area contributed by atoms with Crippen LogP contribution in [0, 0.1) is 0 Å². The lowest BCUT2D eigenvalue weighted by Gasteiger charge is -2.16. The fourth-order valence-corrected chi connectivity index (χ4v) is 2.29. The molecule has 0 atom stereocenters. The van der Waals surface area contributed by atoms with Crippen molar-refractivity contribution >= 4 is 5.97 Å². The molecule has 0 N–H and O–H groups in total. The Morgan fingerprint density at radius 2 is 1.15 bits per heavy atom. The van der Waals surface area contributed by atoms with E-state index >= 15 is 0 Å². The lowest BCUT2D eigenvalue weighted by atomic mass is 10.0. The van der Waals surface area contributed by atoms with Crippen molar-refractivity contribution in [2.75, 3.05) is 0 Å². The van der Waals surface area contributed by atoms with Crippen LogP contribution in [0.1, 0.15) is 90.4 Å². The molecule has 0 radical (unpaired) electrons. The zero-order chi connectivity index (χ0) is 15.3. The first-order valence-electron chi connectivity index (χ1n) is 8.10. The van der Waals surface area contributed by atoms with Gasteiger partial charge in [0, 0.05) is 6.42 Å². The fourth-order valence-electron chi connectivity index (χ4n) is 2.29. The van der Waals surface area contributed by atoms with Crippen LogP contribution in [0.15, 0.2) is 0 Å². The third-order valence-electron chi connectivity index (χ3n) is 3.64. The Bertz CT molecular complexity index is 243. The topological polar surface area (TPSA) is 40.1 Å². The van der Waals surface area contributed by atoms with Crippen LogP contribution in [0.5, 0.6) is 0 Å². The van der Waals surface area contributed by atoms with Crippen LogP contribution in [0.3, 0.4) is 0 Å². The van der Waals surface area contributed by atoms with Gasteiger partial charge in [-0.15, -0.1) is 0 Å². The number of unbranched alkanes of at least 4 members (excludes halogenated alkanes) is 11. The number of carboxylic acid groups (broad SMARTS) is 1. The molecule has 0 heterocycles. The number of halogens is 2. The van der Waals surface area contributed by atoms with Crippen LogP contribution >= 0.6 is 0 Å². The predicted molar refractivity (Wildman–Crippen MR) is 75.6 cm³/mol. The zero-order valence-corrected chi connectivity index (χ0v) is 12.8. The summed E-state index contributed by atoms with van der Waals surface area (Å²) in [5, 5.41) is 10.1. The maximum atomic E-state index is 12.7. The lowest BCUT2D eigenvalue weighted by Crippen LogP contribution is -2.41. The second kappa shape index (κ2) is 12.1. The summed E-state index contributed by atoms with van der Waals surface area (Å²) >= 11 is 0. The molecular weight excluding hydrogens is 262 g/mol. The molecule has 0 aliphatic rings. The highest BCUT2D eigenvalue weighted by Crippen LogP contribution is 2.21. The molecule has 0 aliphatic carbocycles. The summed E-state index contributed by atoms with van der Waals surface area (Å²) < 4.78 is 25.4. The summed E-state index contributed by atoms with van der Waals surface area (Å²) in [6, 6.07) is 0. The van der Waals surface area contributed by atoms with Gasteiger partial charge in [-0.2, -0.15) is 0 Å². The standard InChI is InChI=1S/C16H30F2O2/c1-2-3-4-5-6-7-8-9-10-11-12-13-14-16(17,18)15(19)20/h2-14H2,1H3,(H,19,20)/p-1. The Kier molecular flexibility index (Phi) is 11.7. The van der Waals surface area contributed by atoms with Gasteiger partial charge in [0.1, 0.15) is 5.97 Å². The minimum Gasteiger partial charge on any atom is -0.544 e. The van der Waals surface area contributed by atoms with Crippen LogP contribution in [0.25, 0.3) is 0 Å². The molecule has 0 aromatic rings. The molecule has 0 aromatic heterocycles. The van der Waals surface area contributed by atoms with E-state index in [1.54, 1.807) is 0 Å². The van der Waals surface area contributed by atoms with Crippen LogP contribution in [-0.4, -0.2) is 11.9 Å². The first kappa shape index (κ1) is 19.3. The number of hydrogen-bond donors (Lipinski definition) is 0. The SMILES string of the molecule is CCCCCCCCCCCCCCC(F)(F)C(=O)[O-]. The Hall–Kier alpha value is -0.670. The highest BCUT2D eigenvalue weighted by Gasteiger charge is 2.29. The summed E-state index contributed by atoms with van der Waals surface area (Å²) in [5.74, 6) is -5.90. The summed E-state index contributed by atoms with van der Waals surface area (Å²) in [6.07, 6.45) is 12.5. The number of hydrogen-bond acceptors (Lipinski definition) is 2. The van der Waals surface area contributed by atoms with E-state index < -0.39 is 18.3 Å². The van der Waals surface area contributed by atoms with E-state index in [1.807, 2.05) is 0 Å². The molecular formula is C16H29F2O2-. The Balaban J connectivity index is 3.19. The Morgan fingerprint density at radius 3 is 1.50 bits per heavy atom. The highest BCUT2D eigenvalue weighted by atomic mass is 19.3. The van der Waals surface area contributed by atoms with E-state index in [0.717, 1.165) is 19.3 Å². The Labute approximate surface area is 122 Å². The van der Waals surface area contributed by atoms with Gasteiger partial charge in [-0.1, -0.05) is 77.6 Å². The number of aliphatic carboxylic acids is 1. The molecule has 0 unspecified atom stereocenters. The number of rotatable bonds is 14. The van der Waals surface area contributed by atoms with Crippen molar-refractivity contribution in [3.05, 3.63) is 0 Å². The van der Waals surface area contributed by atoms with Gasteiger partial charge in [0.15, 0.2) is 0 Å². The van der Waals surface area contributed by atoms with Crippen LogP contribution in [-0.2, 0) is 4.79 Å². The lowest BCUT2D eigenvalue weighted by molar-refractivity contribution is -0.330. The monoisotopic (exact) mass is 291 g/mol. The van der Waals surface area contributed by atoms with Crippen molar-refractivity contribution in [3.63, 3.8) is 0 Å².